The zero-order valence-corrected chi connectivity index (χ0v) is 11.1. The third kappa shape index (κ3) is 3.06. The van der Waals surface area contributed by atoms with E-state index in [1.807, 2.05) is 0 Å². The van der Waals surface area contributed by atoms with Crippen LogP contribution in [0.5, 0.6) is 0 Å². The summed E-state index contributed by atoms with van der Waals surface area (Å²) in [5.74, 6) is -1.79. The summed E-state index contributed by atoms with van der Waals surface area (Å²) >= 11 is 5.59. The van der Waals surface area contributed by atoms with Gasteiger partial charge in [-0.1, -0.05) is 11.6 Å². The first-order valence-electron chi connectivity index (χ1n) is 5.55. The minimum absolute atomic E-state index is 0.184. The van der Waals surface area contributed by atoms with Crippen LogP contribution in [0, 0.1) is 15.9 Å². The number of halogens is 2. The number of hydrogen-bond donors (Lipinski definition) is 2. The molecule has 0 bridgehead atoms. The molecule has 0 radical (unpaired) electrons. The van der Waals surface area contributed by atoms with Crippen molar-refractivity contribution >= 4 is 34.7 Å². The SMILES string of the molecule is Nc1nccc(C(=O)Nc2ccc(F)c(Cl)c2)c1[N+](=O)[O-]. The Morgan fingerprint density at radius 3 is 2.76 bits per heavy atom. The lowest BCUT2D eigenvalue weighted by atomic mass is 10.2. The fraction of sp³-hybridized carbons (Fsp3) is 0. The highest BCUT2D eigenvalue weighted by molar-refractivity contribution is 6.31. The Hall–Kier alpha value is -2.74. The maximum Gasteiger partial charge on any atom is 0.323 e. The number of pyridine rings is 1. The monoisotopic (exact) mass is 310 g/mol. The molecule has 0 aliphatic rings. The van der Waals surface area contributed by atoms with Gasteiger partial charge in [-0.2, -0.15) is 0 Å². The number of carbonyl (C=O) groups is 1. The number of aromatic nitrogens is 1. The summed E-state index contributed by atoms with van der Waals surface area (Å²) in [6.45, 7) is 0. The van der Waals surface area contributed by atoms with Gasteiger partial charge in [0.2, 0.25) is 5.82 Å². The second-order valence-corrected chi connectivity index (χ2v) is 4.34. The minimum Gasteiger partial charge on any atom is -0.378 e. The van der Waals surface area contributed by atoms with Crippen molar-refractivity contribution in [2.24, 2.45) is 0 Å². The number of rotatable bonds is 3. The molecule has 2 aromatic rings. The van der Waals surface area contributed by atoms with Crippen LogP contribution in [0.1, 0.15) is 10.4 Å². The van der Waals surface area contributed by atoms with E-state index in [9.17, 15) is 19.3 Å². The molecule has 0 spiro atoms. The van der Waals surface area contributed by atoms with E-state index in [0.717, 1.165) is 12.1 Å². The van der Waals surface area contributed by atoms with Crippen LogP contribution >= 0.6 is 11.6 Å². The van der Waals surface area contributed by atoms with Gasteiger partial charge in [0.25, 0.3) is 5.91 Å². The number of nitrogen functional groups attached to an aromatic ring is 1. The van der Waals surface area contributed by atoms with E-state index < -0.39 is 22.3 Å². The molecule has 0 fully saturated rings. The Kier molecular flexibility index (Phi) is 3.99. The first-order valence-corrected chi connectivity index (χ1v) is 5.93. The fourth-order valence-electron chi connectivity index (χ4n) is 1.62. The molecular weight excluding hydrogens is 303 g/mol. The van der Waals surface area contributed by atoms with E-state index in [1.54, 1.807) is 0 Å². The lowest BCUT2D eigenvalue weighted by Crippen LogP contribution is -2.15. The van der Waals surface area contributed by atoms with Crippen LogP contribution in [0.25, 0.3) is 0 Å². The molecule has 9 heteroatoms. The van der Waals surface area contributed by atoms with E-state index in [2.05, 4.69) is 10.3 Å². The smallest absolute Gasteiger partial charge is 0.323 e. The zero-order chi connectivity index (χ0) is 15.6. The van der Waals surface area contributed by atoms with Gasteiger partial charge in [0.05, 0.1) is 9.95 Å². The molecule has 7 nitrogen and oxygen atoms in total. The predicted octanol–water partition coefficient (Wildman–Crippen LogP) is 2.62. The van der Waals surface area contributed by atoms with E-state index in [-0.39, 0.29) is 22.1 Å². The maximum absolute atomic E-state index is 13.0. The Morgan fingerprint density at radius 1 is 1.43 bits per heavy atom. The summed E-state index contributed by atoms with van der Waals surface area (Å²) in [5, 5.41) is 13.1. The van der Waals surface area contributed by atoms with Gasteiger partial charge < -0.3 is 11.1 Å². The summed E-state index contributed by atoms with van der Waals surface area (Å²) in [5.41, 5.74) is 4.73. The first kappa shape index (κ1) is 14.7. The summed E-state index contributed by atoms with van der Waals surface area (Å²) in [4.78, 5) is 25.8. The summed E-state index contributed by atoms with van der Waals surface area (Å²) in [6.07, 6.45) is 1.18. The van der Waals surface area contributed by atoms with Gasteiger partial charge in [0, 0.05) is 11.9 Å². The fourth-order valence-corrected chi connectivity index (χ4v) is 1.80. The topological polar surface area (TPSA) is 111 Å². The summed E-state index contributed by atoms with van der Waals surface area (Å²) in [6, 6.07) is 4.68. The highest BCUT2D eigenvalue weighted by Gasteiger charge is 2.24. The number of nitrogens with zero attached hydrogens (tertiary/aromatic N) is 2. The molecule has 1 amide bonds. The molecule has 0 aliphatic carbocycles. The molecule has 0 atom stereocenters. The van der Waals surface area contributed by atoms with Crippen molar-refractivity contribution in [3.63, 3.8) is 0 Å². The average Bonchev–Trinajstić information content (AvgIpc) is 2.42. The molecule has 3 N–H and O–H groups in total. The Balaban J connectivity index is 2.35. The van der Waals surface area contributed by atoms with Gasteiger partial charge >= 0.3 is 5.69 Å². The standard InChI is InChI=1S/C12H8ClFN4O3/c13-8-5-6(1-2-9(8)14)17-12(19)7-3-4-16-11(15)10(7)18(20)21/h1-5H,(H2,15,16)(H,17,19). The highest BCUT2D eigenvalue weighted by atomic mass is 35.5. The Morgan fingerprint density at radius 2 is 2.14 bits per heavy atom. The first-order chi connectivity index (χ1) is 9.90. The van der Waals surface area contributed by atoms with E-state index in [4.69, 9.17) is 17.3 Å². The van der Waals surface area contributed by atoms with Crippen molar-refractivity contribution in [3.05, 3.63) is 57.0 Å². The average molecular weight is 311 g/mol. The van der Waals surface area contributed by atoms with E-state index >= 15 is 0 Å². The minimum atomic E-state index is -0.797. The van der Waals surface area contributed by atoms with Gasteiger partial charge in [-0.15, -0.1) is 0 Å². The second-order valence-electron chi connectivity index (χ2n) is 3.93. The molecule has 1 aromatic heterocycles. The molecule has 108 valence electrons. The van der Waals surface area contributed by atoms with Gasteiger partial charge in [-0.25, -0.2) is 9.37 Å². The molecule has 0 saturated heterocycles. The van der Waals surface area contributed by atoms with Crippen molar-refractivity contribution in [1.29, 1.82) is 0 Å². The van der Waals surface area contributed by atoms with Crippen LogP contribution in [0.15, 0.2) is 30.5 Å². The molecule has 0 aliphatic heterocycles. The van der Waals surface area contributed by atoms with Crippen molar-refractivity contribution in [3.8, 4) is 0 Å². The molecular formula is C12H8ClFN4O3. The number of carbonyl (C=O) groups excluding carboxylic acids is 1. The molecule has 0 saturated carbocycles. The van der Waals surface area contributed by atoms with Gasteiger partial charge in [0.15, 0.2) is 0 Å². The third-order valence-electron chi connectivity index (χ3n) is 2.56. The van der Waals surface area contributed by atoms with E-state index in [1.165, 1.54) is 18.3 Å². The molecule has 0 unspecified atom stereocenters. The third-order valence-corrected chi connectivity index (χ3v) is 2.85. The number of nitrogens with two attached hydrogens (primary N) is 1. The van der Waals surface area contributed by atoms with Crippen molar-refractivity contribution in [1.82, 2.24) is 4.98 Å². The number of amides is 1. The maximum atomic E-state index is 13.0. The molecule has 1 aromatic carbocycles. The van der Waals surface area contributed by atoms with Crippen molar-refractivity contribution in [2.45, 2.75) is 0 Å². The predicted molar refractivity (Wildman–Crippen MR) is 74.7 cm³/mol. The van der Waals surface area contributed by atoms with Gasteiger partial charge in [-0.05, 0) is 24.3 Å². The van der Waals surface area contributed by atoms with Gasteiger partial charge in [-0.3, -0.25) is 14.9 Å². The number of anilines is 2. The lowest BCUT2D eigenvalue weighted by molar-refractivity contribution is -0.384. The normalized spacial score (nSPS) is 10.2. The number of benzene rings is 1. The molecule has 2 rings (SSSR count). The lowest BCUT2D eigenvalue weighted by Gasteiger charge is -2.07. The Bertz CT molecular complexity index is 738. The van der Waals surface area contributed by atoms with Gasteiger partial charge in [0.1, 0.15) is 11.4 Å². The van der Waals surface area contributed by atoms with Crippen LogP contribution in [0.4, 0.5) is 21.6 Å². The van der Waals surface area contributed by atoms with E-state index in [0.29, 0.717) is 0 Å². The van der Waals surface area contributed by atoms with Crippen LogP contribution in [0.3, 0.4) is 0 Å². The molecule has 21 heavy (non-hydrogen) atoms. The van der Waals surface area contributed by atoms with Crippen LogP contribution in [-0.2, 0) is 0 Å². The van der Waals surface area contributed by atoms with Crippen LogP contribution in [0.2, 0.25) is 5.02 Å². The highest BCUT2D eigenvalue weighted by Crippen LogP contribution is 2.25. The van der Waals surface area contributed by atoms with Crippen LogP contribution < -0.4 is 11.1 Å². The summed E-state index contributed by atoms with van der Waals surface area (Å²) in [7, 11) is 0. The van der Waals surface area contributed by atoms with Crippen molar-refractivity contribution < 1.29 is 14.1 Å². The van der Waals surface area contributed by atoms with Crippen molar-refractivity contribution in [2.75, 3.05) is 11.1 Å². The zero-order valence-electron chi connectivity index (χ0n) is 10.3. The summed E-state index contributed by atoms with van der Waals surface area (Å²) < 4.78 is 13.0. The second kappa shape index (κ2) is 5.71. The molecule has 1 heterocycles. The number of nitrogens with one attached hydrogen (secondary N) is 1. The quantitative estimate of drug-likeness (QED) is 0.668. The van der Waals surface area contributed by atoms with Crippen LogP contribution in [-0.4, -0.2) is 15.8 Å². The Labute approximate surface area is 122 Å². The number of hydrogen-bond acceptors (Lipinski definition) is 5. The number of nitro groups is 1. The largest absolute Gasteiger partial charge is 0.378 e.